The van der Waals surface area contributed by atoms with Gasteiger partial charge in [0.1, 0.15) is 0 Å². The zero-order valence-electron chi connectivity index (χ0n) is 15.0. The van der Waals surface area contributed by atoms with Crippen LogP contribution in [-0.2, 0) is 20.6 Å². The first kappa shape index (κ1) is 22.2. The van der Waals surface area contributed by atoms with Gasteiger partial charge in [-0.3, -0.25) is 4.79 Å². The lowest BCUT2D eigenvalue weighted by molar-refractivity contribution is -0.120. The lowest BCUT2D eigenvalue weighted by Gasteiger charge is -2.08. The molecule has 0 radical (unpaired) electrons. The van der Waals surface area contributed by atoms with Crippen LogP contribution in [0.25, 0.3) is 0 Å². The fourth-order valence-electron chi connectivity index (χ4n) is 2.30. The highest BCUT2D eigenvalue weighted by Crippen LogP contribution is 2.16. The summed E-state index contributed by atoms with van der Waals surface area (Å²) in [7, 11) is -3.69. The molecule has 0 aromatic heterocycles. The van der Waals surface area contributed by atoms with E-state index in [4.69, 9.17) is 16.9 Å². The highest BCUT2D eigenvalue weighted by atomic mass is 35.5. The minimum Gasteiger partial charge on any atom is -0.355 e. The summed E-state index contributed by atoms with van der Waals surface area (Å²) >= 11 is 7.41. The first-order valence-corrected chi connectivity index (χ1v) is 11.5. The number of sulfonamides is 1. The fourth-order valence-corrected chi connectivity index (χ4v) is 4.50. The highest BCUT2D eigenvalue weighted by molar-refractivity contribution is 7.98. The van der Waals surface area contributed by atoms with Gasteiger partial charge in [-0.15, -0.1) is 0 Å². The fraction of sp³-hybridized carbons (Fsp3) is 0.263. The van der Waals surface area contributed by atoms with Crippen LogP contribution >= 0.6 is 23.4 Å². The minimum atomic E-state index is -3.69. The molecular formula is C19H20ClN3O3S2. The number of nitrogens with one attached hydrogen (secondary N) is 2. The van der Waals surface area contributed by atoms with Gasteiger partial charge in [0.25, 0.3) is 0 Å². The van der Waals surface area contributed by atoms with E-state index in [2.05, 4.69) is 16.1 Å². The largest absolute Gasteiger partial charge is 0.355 e. The number of hydrogen-bond acceptors (Lipinski definition) is 5. The van der Waals surface area contributed by atoms with E-state index in [1.807, 2.05) is 18.2 Å². The second kappa shape index (κ2) is 11.1. The summed E-state index contributed by atoms with van der Waals surface area (Å²) in [5, 5.41) is 12.1. The van der Waals surface area contributed by atoms with Crippen molar-refractivity contribution >= 4 is 39.3 Å². The molecule has 9 heteroatoms. The Bertz CT molecular complexity index is 959. The second-order valence-electron chi connectivity index (χ2n) is 5.78. The normalized spacial score (nSPS) is 11.0. The first-order chi connectivity index (χ1) is 13.4. The summed E-state index contributed by atoms with van der Waals surface area (Å²) in [6.07, 6.45) is 0.0434. The van der Waals surface area contributed by atoms with Crippen LogP contribution in [-0.4, -0.2) is 33.2 Å². The quantitative estimate of drug-likeness (QED) is 0.557. The molecule has 0 aliphatic carbocycles. The van der Waals surface area contributed by atoms with Gasteiger partial charge in [0.2, 0.25) is 15.9 Å². The molecule has 0 fully saturated rings. The lowest BCUT2D eigenvalue weighted by atomic mass is 10.1. The summed E-state index contributed by atoms with van der Waals surface area (Å²) in [6.45, 7) is 0.475. The van der Waals surface area contributed by atoms with Gasteiger partial charge in [0, 0.05) is 36.0 Å². The van der Waals surface area contributed by atoms with Crippen molar-refractivity contribution in [2.75, 3.05) is 18.8 Å². The van der Waals surface area contributed by atoms with Crippen molar-refractivity contribution in [1.82, 2.24) is 10.0 Å². The lowest BCUT2D eigenvalue weighted by Crippen LogP contribution is -2.31. The summed E-state index contributed by atoms with van der Waals surface area (Å²) in [5.41, 5.74) is 1.63. The Labute approximate surface area is 174 Å². The molecule has 2 aromatic carbocycles. The summed E-state index contributed by atoms with van der Waals surface area (Å²) < 4.78 is 26.6. The Morgan fingerprint density at radius 2 is 1.93 bits per heavy atom. The molecule has 2 N–H and O–H groups in total. The van der Waals surface area contributed by atoms with Crippen LogP contribution < -0.4 is 10.0 Å². The van der Waals surface area contributed by atoms with Crippen molar-refractivity contribution in [3.63, 3.8) is 0 Å². The number of nitriles is 1. The molecule has 2 aromatic rings. The van der Waals surface area contributed by atoms with Crippen LogP contribution in [0.15, 0.2) is 53.4 Å². The smallest absolute Gasteiger partial charge is 0.240 e. The number of amides is 1. The Kier molecular flexibility index (Phi) is 8.80. The van der Waals surface area contributed by atoms with Gasteiger partial charge in [0.05, 0.1) is 16.5 Å². The van der Waals surface area contributed by atoms with Gasteiger partial charge in [0.15, 0.2) is 0 Å². The van der Waals surface area contributed by atoms with Crippen molar-refractivity contribution in [1.29, 1.82) is 5.26 Å². The Morgan fingerprint density at radius 3 is 2.68 bits per heavy atom. The van der Waals surface area contributed by atoms with Crippen LogP contribution in [0.1, 0.15) is 17.5 Å². The number of rotatable bonds is 10. The van der Waals surface area contributed by atoms with Gasteiger partial charge < -0.3 is 5.32 Å². The van der Waals surface area contributed by atoms with E-state index in [1.165, 1.54) is 12.1 Å². The third-order valence-electron chi connectivity index (χ3n) is 3.71. The van der Waals surface area contributed by atoms with Crippen molar-refractivity contribution in [3.05, 3.63) is 64.7 Å². The third-order valence-corrected chi connectivity index (χ3v) is 6.42. The predicted molar refractivity (Wildman–Crippen MR) is 112 cm³/mol. The Hall–Kier alpha value is -2.05. The topological polar surface area (TPSA) is 99.1 Å². The van der Waals surface area contributed by atoms with E-state index in [9.17, 15) is 13.2 Å². The van der Waals surface area contributed by atoms with Crippen LogP contribution in [0, 0.1) is 11.3 Å². The third kappa shape index (κ3) is 7.17. The number of nitrogens with zero attached hydrogens (tertiary/aromatic N) is 1. The van der Waals surface area contributed by atoms with E-state index in [0.29, 0.717) is 28.6 Å². The SMILES string of the molecule is N#Cc1ccccc1CSCCNC(=O)CCNS(=O)(=O)c1cccc(Cl)c1. The standard InChI is InChI=1S/C19H20ClN3O3S2/c20-17-6-3-7-18(12-17)28(25,26)23-9-8-19(24)22-10-11-27-14-16-5-2-1-4-15(16)13-21/h1-7,12,23H,8-11,14H2,(H,22,24). The van der Waals surface area contributed by atoms with Crippen molar-refractivity contribution in [2.45, 2.75) is 17.1 Å². The maximum atomic E-state index is 12.1. The molecule has 0 heterocycles. The second-order valence-corrected chi connectivity index (χ2v) is 9.09. The molecule has 148 valence electrons. The van der Waals surface area contributed by atoms with Gasteiger partial charge in [-0.1, -0.05) is 35.9 Å². The molecule has 28 heavy (non-hydrogen) atoms. The number of hydrogen-bond donors (Lipinski definition) is 2. The maximum absolute atomic E-state index is 12.1. The van der Waals surface area contributed by atoms with Crippen molar-refractivity contribution in [3.8, 4) is 6.07 Å². The molecule has 0 saturated heterocycles. The predicted octanol–water partition coefficient (Wildman–Crippen LogP) is 2.93. The van der Waals surface area contributed by atoms with E-state index in [-0.39, 0.29) is 23.8 Å². The highest BCUT2D eigenvalue weighted by Gasteiger charge is 2.14. The molecule has 0 bridgehead atoms. The van der Waals surface area contributed by atoms with E-state index >= 15 is 0 Å². The molecule has 0 saturated carbocycles. The first-order valence-electron chi connectivity index (χ1n) is 8.50. The number of thioether (sulfide) groups is 1. The zero-order valence-corrected chi connectivity index (χ0v) is 17.4. The van der Waals surface area contributed by atoms with Gasteiger partial charge in [-0.2, -0.15) is 17.0 Å². The number of carbonyl (C=O) groups excluding carboxylic acids is 1. The van der Waals surface area contributed by atoms with Crippen LogP contribution in [0.4, 0.5) is 0 Å². The maximum Gasteiger partial charge on any atom is 0.240 e. The molecule has 0 spiro atoms. The average Bonchev–Trinajstić information content (AvgIpc) is 2.68. The van der Waals surface area contributed by atoms with Crippen molar-refractivity contribution < 1.29 is 13.2 Å². The Morgan fingerprint density at radius 1 is 1.14 bits per heavy atom. The summed E-state index contributed by atoms with van der Waals surface area (Å²) in [5.74, 6) is 1.16. The average molecular weight is 438 g/mol. The van der Waals surface area contributed by atoms with Crippen LogP contribution in [0.3, 0.4) is 0 Å². The number of halogens is 1. The summed E-state index contributed by atoms with van der Waals surface area (Å²) in [4.78, 5) is 11.9. The molecule has 0 aliphatic heterocycles. The van der Waals surface area contributed by atoms with E-state index < -0.39 is 10.0 Å². The number of carbonyl (C=O) groups is 1. The van der Waals surface area contributed by atoms with Gasteiger partial charge in [-0.25, -0.2) is 13.1 Å². The molecule has 1 amide bonds. The molecule has 2 rings (SSSR count). The number of benzene rings is 2. The van der Waals surface area contributed by atoms with E-state index in [0.717, 1.165) is 5.56 Å². The van der Waals surface area contributed by atoms with Crippen LogP contribution in [0.2, 0.25) is 5.02 Å². The molecule has 0 atom stereocenters. The van der Waals surface area contributed by atoms with Gasteiger partial charge >= 0.3 is 0 Å². The van der Waals surface area contributed by atoms with Crippen molar-refractivity contribution in [2.24, 2.45) is 0 Å². The molecule has 0 aliphatic rings. The molecule has 6 nitrogen and oxygen atoms in total. The van der Waals surface area contributed by atoms with Gasteiger partial charge in [-0.05, 0) is 29.8 Å². The minimum absolute atomic E-state index is 0.00334. The monoisotopic (exact) mass is 437 g/mol. The van der Waals surface area contributed by atoms with E-state index in [1.54, 1.807) is 30.0 Å². The molecular weight excluding hydrogens is 418 g/mol. The molecule has 0 unspecified atom stereocenters. The Balaban J connectivity index is 1.64. The summed E-state index contributed by atoms with van der Waals surface area (Å²) in [6, 6.07) is 15.5. The van der Waals surface area contributed by atoms with Crippen LogP contribution in [0.5, 0.6) is 0 Å². The zero-order chi connectivity index (χ0) is 20.4.